The van der Waals surface area contributed by atoms with Crippen LogP contribution in [0.25, 0.3) is 6.08 Å². The van der Waals surface area contributed by atoms with Crippen LogP contribution in [-0.2, 0) is 9.53 Å². The summed E-state index contributed by atoms with van der Waals surface area (Å²) in [7, 11) is 0. The Bertz CT molecular complexity index is 767. The van der Waals surface area contributed by atoms with Gasteiger partial charge in [0, 0.05) is 0 Å². The van der Waals surface area contributed by atoms with E-state index >= 15 is 0 Å². The maximum atomic E-state index is 11.8. The maximum absolute atomic E-state index is 11.8. The van der Waals surface area contributed by atoms with Crippen molar-refractivity contribution < 1.29 is 9.53 Å². The lowest BCUT2D eigenvalue weighted by atomic mass is 10.1. The van der Waals surface area contributed by atoms with E-state index in [0.717, 1.165) is 10.4 Å². The van der Waals surface area contributed by atoms with E-state index < -0.39 is 5.97 Å². The number of ether oxygens (including phenoxy) is 1. The monoisotopic (exact) mass is 280 g/mol. The molecule has 4 nitrogen and oxygen atoms in total. The standard InChI is InChI=1S/C15H8N2O2S/c16-9-11-4-1-3-10(7-11)8-12-15(18)19-14(17-12)13-5-2-6-20-13/h1-8H/b12-8+. The average molecular weight is 280 g/mol. The third kappa shape index (κ3) is 2.37. The van der Waals surface area contributed by atoms with Crippen LogP contribution in [0.1, 0.15) is 16.0 Å². The average Bonchev–Trinajstić information content (AvgIpc) is 3.10. The molecule has 3 rings (SSSR count). The highest BCUT2D eigenvalue weighted by molar-refractivity contribution is 7.12. The van der Waals surface area contributed by atoms with Crippen LogP contribution in [0.5, 0.6) is 0 Å². The van der Waals surface area contributed by atoms with Crippen molar-refractivity contribution in [2.45, 2.75) is 0 Å². The summed E-state index contributed by atoms with van der Waals surface area (Å²) in [6, 6.07) is 12.7. The van der Waals surface area contributed by atoms with E-state index in [4.69, 9.17) is 10.00 Å². The number of carbonyl (C=O) groups is 1. The quantitative estimate of drug-likeness (QED) is 0.627. The molecular weight excluding hydrogens is 272 g/mol. The molecule has 0 saturated carbocycles. The van der Waals surface area contributed by atoms with Gasteiger partial charge in [-0.1, -0.05) is 18.2 Å². The highest BCUT2D eigenvalue weighted by Crippen LogP contribution is 2.21. The molecule has 0 atom stereocenters. The number of hydrogen-bond acceptors (Lipinski definition) is 5. The van der Waals surface area contributed by atoms with Gasteiger partial charge in [-0.05, 0) is 35.2 Å². The number of thiophene rings is 1. The molecule has 2 heterocycles. The lowest BCUT2D eigenvalue weighted by molar-refractivity contribution is -0.129. The number of cyclic esters (lactones) is 1. The predicted octanol–water partition coefficient (Wildman–Crippen LogP) is 2.96. The minimum absolute atomic E-state index is 0.239. The van der Waals surface area contributed by atoms with Crippen molar-refractivity contribution in [1.82, 2.24) is 0 Å². The zero-order valence-electron chi connectivity index (χ0n) is 10.2. The molecule has 0 bridgehead atoms. The van der Waals surface area contributed by atoms with Crippen molar-refractivity contribution in [2.24, 2.45) is 4.99 Å². The summed E-state index contributed by atoms with van der Waals surface area (Å²) in [4.78, 5) is 16.8. The molecule has 1 aliphatic heterocycles. The van der Waals surface area contributed by atoms with Crippen LogP contribution in [0, 0.1) is 11.3 Å². The van der Waals surface area contributed by atoms with Gasteiger partial charge in [-0.15, -0.1) is 11.3 Å². The Balaban J connectivity index is 1.95. The van der Waals surface area contributed by atoms with Gasteiger partial charge in [0.05, 0.1) is 16.5 Å². The number of rotatable bonds is 2. The summed E-state index contributed by atoms with van der Waals surface area (Å²) in [6.07, 6.45) is 1.61. The summed E-state index contributed by atoms with van der Waals surface area (Å²) in [5, 5.41) is 10.7. The zero-order chi connectivity index (χ0) is 13.9. The lowest BCUT2D eigenvalue weighted by Gasteiger charge is -1.94. The second kappa shape index (κ2) is 5.11. The summed E-state index contributed by atoms with van der Waals surface area (Å²) >= 11 is 1.46. The van der Waals surface area contributed by atoms with Gasteiger partial charge in [-0.3, -0.25) is 0 Å². The first-order valence-electron chi connectivity index (χ1n) is 5.83. The van der Waals surface area contributed by atoms with Gasteiger partial charge < -0.3 is 4.74 Å². The van der Waals surface area contributed by atoms with E-state index in [1.807, 2.05) is 17.5 Å². The van der Waals surface area contributed by atoms with Crippen molar-refractivity contribution in [3.05, 3.63) is 63.5 Å². The number of nitrogens with zero attached hydrogens (tertiary/aromatic N) is 2. The van der Waals surface area contributed by atoms with Crippen molar-refractivity contribution in [2.75, 3.05) is 0 Å². The normalized spacial score (nSPS) is 15.8. The van der Waals surface area contributed by atoms with Gasteiger partial charge in [0.25, 0.3) is 0 Å². The molecular formula is C15H8N2O2S. The van der Waals surface area contributed by atoms with Crippen molar-refractivity contribution in [3.63, 3.8) is 0 Å². The minimum atomic E-state index is -0.476. The molecule has 0 N–H and O–H groups in total. The Hall–Kier alpha value is -2.71. The topological polar surface area (TPSA) is 62.4 Å². The van der Waals surface area contributed by atoms with Gasteiger partial charge in [-0.25, -0.2) is 9.79 Å². The van der Waals surface area contributed by atoms with E-state index in [-0.39, 0.29) is 5.70 Å². The molecule has 0 aliphatic carbocycles. The molecule has 1 aliphatic rings. The van der Waals surface area contributed by atoms with E-state index in [2.05, 4.69) is 11.1 Å². The van der Waals surface area contributed by atoms with E-state index in [0.29, 0.717) is 11.5 Å². The third-order valence-electron chi connectivity index (χ3n) is 2.67. The first-order chi connectivity index (χ1) is 9.76. The van der Waals surface area contributed by atoms with Crippen molar-refractivity contribution >= 4 is 29.3 Å². The molecule has 0 fully saturated rings. The summed E-state index contributed by atoms with van der Waals surface area (Å²) in [6.45, 7) is 0. The van der Waals surface area contributed by atoms with Crippen LogP contribution in [0.4, 0.5) is 0 Å². The van der Waals surface area contributed by atoms with Gasteiger partial charge in [-0.2, -0.15) is 5.26 Å². The molecule has 1 aromatic carbocycles. The molecule has 0 saturated heterocycles. The predicted molar refractivity (Wildman–Crippen MR) is 76.1 cm³/mol. The van der Waals surface area contributed by atoms with Crippen molar-refractivity contribution in [3.8, 4) is 6.07 Å². The molecule has 5 heteroatoms. The van der Waals surface area contributed by atoms with Crippen LogP contribution >= 0.6 is 11.3 Å². The fourth-order valence-electron chi connectivity index (χ4n) is 1.77. The fraction of sp³-hybridized carbons (Fsp3) is 0. The second-order valence-corrected chi connectivity index (χ2v) is 5.00. The maximum Gasteiger partial charge on any atom is 0.363 e. The Morgan fingerprint density at radius 1 is 1.30 bits per heavy atom. The Kier molecular flexibility index (Phi) is 3.15. The van der Waals surface area contributed by atoms with Gasteiger partial charge in [0.2, 0.25) is 5.90 Å². The Morgan fingerprint density at radius 3 is 2.95 bits per heavy atom. The van der Waals surface area contributed by atoms with E-state index in [9.17, 15) is 4.79 Å². The number of hydrogen-bond donors (Lipinski definition) is 0. The number of aliphatic imine (C=N–C) groups is 1. The van der Waals surface area contributed by atoms with Crippen LogP contribution < -0.4 is 0 Å². The van der Waals surface area contributed by atoms with Crippen LogP contribution in [0.3, 0.4) is 0 Å². The largest absolute Gasteiger partial charge is 0.401 e. The highest BCUT2D eigenvalue weighted by atomic mass is 32.1. The number of esters is 1. The third-order valence-corrected chi connectivity index (χ3v) is 3.53. The molecule has 96 valence electrons. The Morgan fingerprint density at radius 2 is 2.20 bits per heavy atom. The van der Waals surface area contributed by atoms with Crippen LogP contribution in [-0.4, -0.2) is 11.9 Å². The molecule has 2 aromatic rings. The second-order valence-electron chi connectivity index (χ2n) is 4.05. The van der Waals surface area contributed by atoms with Gasteiger partial charge >= 0.3 is 5.97 Å². The Labute approximate surface area is 119 Å². The molecule has 0 spiro atoms. The summed E-state index contributed by atoms with van der Waals surface area (Å²) < 4.78 is 5.14. The van der Waals surface area contributed by atoms with Gasteiger partial charge in [0.15, 0.2) is 5.70 Å². The number of nitriles is 1. The molecule has 1 aromatic heterocycles. The first-order valence-corrected chi connectivity index (χ1v) is 6.71. The van der Waals surface area contributed by atoms with Crippen molar-refractivity contribution in [1.29, 1.82) is 5.26 Å². The lowest BCUT2D eigenvalue weighted by Crippen LogP contribution is -2.03. The SMILES string of the molecule is N#Cc1cccc(/C=C2/N=C(c3cccs3)OC2=O)c1. The zero-order valence-corrected chi connectivity index (χ0v) is 11.1. The van der Waals surface area contributed by atoms with Crippen LogP contribution in [0.15, 0.2) is 52.5 Å². The molecule has 20 heavy (non-hydrogen) atoms. The molecule has 0 amide bonds. The fourth-order valence-corrected chi connectivity index (χ4v) is 2.42. The summed E-state index contributed by atoms with van der Waals surface area (Å²) in [5.41, 5.74) is 1.52. The number of carbonyl (C=O) groups excluding carboxylic acids is 1. The summed E-state index contributed by atoms with van der Waals surface area (Å²) in [5.74, 6) is -0.150. The molecule has 0 radical (unpaired) electrons. The smallest absolute Gasteiger partial charge is 0.363 e. The minimum Gasteiger partial charge on any atom is -0.401 e. The van der Waals surface area contributed by atoms with E-state index in [1.165, 1.54) is 11.3 Å². The first kappa shape index (κ1) is 12.3. The van der Waals surface area contributed by atoms with Gasteiger partial charge in [0.1, 0.15) is 0 Å². The highest BCUT2D eigenvalue weighted by Gasteiger charge is 2.24. The van der Waals surface area contributed by atoms with Crippen LogP contribution in [0.2, 0.25) is 0 Å². The molecule has 0 unspecified atom stereocenters. The number of benzene rings is 1. The van der Waals surface area contributed by atoms with E-state index in [1.54, 1.807) is 30.3 Å².